The first-order valence-corrected chi connectivity index (χ1v) is 7.11. The number of rotatable bonds is 5. The minimum absolute atomic E-state index is 0.0336. The van der Waals surface area contributed by atoms with Crippen molar-refractivity contribution in [1.29, 1.82) is 0 Å². The van der Waals surface area contributed by atoms with Crippen molar-refractivity contribution in [2.45, 2.75) is 16.5 Å². The van der Waals surface area contributed by atoms with Crippen LogP contribution in [0.15, 0.2) is 15.7 Å². The van der Waals surface area contributed by atoms with E-state index in [1.165, 1.54) is 6.07 Å². The number of thiophene rings is 1. The fraction of sp³-hybridized carbons (Fsp3) is 0.500. The first-order valence-electron chi connectivity index (χ1n) is 4.25. The molecule has 0 unspecified atom stereocenters. The van der Waals surface area contributed by atoms with E-state index in [4.69, 9.17) is 11.6 Å². The molecule has 1 aromatic heterocycles. The minimum atomic E-state index is -3.81. The Balaban J connectivity index is 2.92. The molecule has 0 aliphatic heterocycles. The van der Waals surface area contributed by atoms with E-state index in [9.17, 15) is 17.2 Å². The van der Waals surface area contributed by atoms with Gasteiger partial charge in [-0.15, -0.1) is 22.9 Å². The molecule has 92 valence electrons. The molecular formula is C8H10ClF2NO2S2. The Hall–Kier alpha value is -0.240. The Morgan fingerprint density at radius 3 is 2.62 bits per heavy atom. The number of nitrogens with zero attached hydrogens (tertiary/aromatic N) is 1. The van der Waals surface area contributed by atoms with Crippen LogP contribution in [0.1, 0.15) is 5.56 Å². The molecule has 0 amide bonds. The third-order valence-corrected chi connectivity index (χ3v) is 5.44. The lowest BCUT2D eigenvalue weighted by molar-refractivity contribution is 0.126. The summed E-state index contributed by atoms with van der Waals surface area (Å²) in [7, 11) is -2.68. The minimum Gasteiger partial charge on any atom is -0.209 e. The molecule has 0 saturated carbocycles. The maximum Gasteiger partial charge on any atom is 0.252 e. The summed E-state index contributed by atoms with van der Waals surface area (Å²) < 4.78 is 48.3. The van der Waals surface area contributed by atoms with Gasteiger partial charge in [-0.1, -0.05) is 0 Å². The predicted molar refractivity (Wildman–Crippen MR) is 59.7 cm³/mol. The lowest BCUT2D eigenvalue weighted by Crippen LogP contribution is -2.30. The van der Waals surface area contributed by atoms with Crippen molar-refractivity contribution in [2.24, 2.45) is 0 Å². The largest absolute Gasteiger partial charge is 0.252 e. The third-order valence-electron chi connectivity index (χ3n) is 1.84. The molecule has 0 saturated heterocycles. The molecule has 0 aliphatic carbocycles. The molecule has 0 atom stereocenters. The first-order chi connectivity index (χ1) is 7.37. The predicted octanol–water partition coefficient (Wildman–Crippen LogP) is 2.37. The molecule has 0 aliphatic rings. The summed E-state index contributed by atoms with van der Waals surface area (Å²) in [5.41, 5.74) is 0.663. The molecular weight excluding hydrogens is 280 g/mol. The summed E-state index contributed by atoms with van der Waals surface area (Å²) >= 11 is 6.51. The highest BCUT2D eigenvalue weighted by Crippen LogP contribution is 2.24. The smallest absolute Gasteiger partial charge is 0.209 e. The van der Waals surface area contributed by atoms with Crippen LogP contribution in [0, 0.1) is 0 Å². The maximum atomic E-state index is 12.1. The summed E-state index contributed by atoms with van der Waals surface area (Å²) in [6.45, 7) is -0.809. The maximum absolute atomic E-state index is 12.1. The van der Waals surface area contributed by atoms with Crippen molar-refractivity contribution in [3.05, 3.63) is 17.0 Å². The highest BCUT2D eigenvalue weighted by Gasteiger charge is 2.25. The van der Waals surface area contributed by atoms with E-state index in [-0.39, 0.29) is 10.1 Å². The molecule has 0 fully saturated rings. The van der Waals surface area contributed by atoms with Gasteiger partial charge in [0.1, 0.15) is 4.21 Å². The molecule has 0 radical (unpaired) electrons. The van der Waals surface area contributed by atoms with E-state index >= 15 is 0 Å². The Morgan fingerprint density at radius 1 is 1.56 bits per heavy atom. The molecule has 1 heterocycles. The second-order valence-electron chi connectivity index (χ2n) is 3.08. The van der Waals surface area contributed by atoms with E-state index < -0.39 is 23.0 Å². The zero-order valence-electron chi connectivity index (χ0n) is 8.36. The van der Waals surface area contributed by atoms with Gasteiger partial charge in [0.05, 0.1) is 6.54 Å². The van der Waals surface area contributed by atoms with Crippen molar-refractivity contribution in [2.75, 3.05) is 13.6 Å². The zero-order valence-corrected chi connectivity index (χ0v) is 10.7. The van der Waals surface area contributed by atoms with Crippen molar-refractivity contribution in [3.8, 4) is 0 Å². The molecule has 8 heteroatoms. The van der Waals surface area contributed by atoms with Gasteiger partial charge in [0, 0.05) is 12.9 Å². The zero-order chi connectivity index (χ0) is 12.3. The van der Waals surface area contributed by atoms with E-state index in [0.717, 1.165) is 18.4 Å². The van der Waals surface area contributed by atoms with Gasteiger partial charge < -0.3 is 0 Å². The summed E-state index contributed by atoms with van der Waals surface area (Å²) in [5.74, 6) is 0.199. The lowest BCUT2D eigenvalue weighted by atomic mass is 10.4. The van der Waals surface area contributed by atoms with Gasteiger partial charge in [-0.2, -0.15) is 4.31 Å². The van der Waals surface area contributed by atoms with E-state index in [2.05, 4.69) is 0 Å². The molecule has 16 heavy (non-hydrogen) atoms. The standard InChI is InChI=1S/C8H10ClF2NO2S2/c1-12(4-7(10)11)16(13,14)8-2-6(3-9)5-15-8/h2,5,7H,3-4H2,1H3. The Bertz CT molecular complexity index is 447. The summed E-state index contributed by atoms with van der Waals surface area (Å²) in [6, 6.07) is 1.40. The van der Waals surface area contributed by atoms with Gasteiger partial charge in [-0.05, 0) is 17.0 Å². The van der Waals surface area contributed by atoms with Crippen LogP contribution in [0.2, 0.25) is 0 Å². The number of alkyl halides is 3. The van der Waals surface area contributed by atoms with Crippen molar-refractivity contribution in [1.82, 2.24) is 4.31 Å². The second-order valence-corrected chi connectivity index (χ2v) is 6.53. The van der Waals surface area contributed by atoms with Crippen LogP contribution in [0.25, 0.3) is 0 Å². The highest BCUT2D eigenvalue weighted by molar-refractivity contribution is 7.91. The van der Waals surface area contributed by atoms with Crippen LogP contribution in [0.3, 0.4) is 0 Å². The van der Waals surface area contributed by atoms with Crippen LogP contribution in [0.5, 0.6) is 0 Å². The average Bonchev–Trinajstić information content (AvgIpc) is 2.65. The molecule has 1 rings (SSSR count). The first kappa shape index (κ1) is 13.8. The van der Waals surface area contributed by atoms with E-state index in [1.807, 2.05) is 0 Å². The number of hydrogen-bond donors (Lipinski definition) is 0. The van der Waals surface area contributed by atoms with Gasteiger partial charge in [0.15, 0.2) is 0 Å². The third kappa shape index (κ3) is 3.13. The summed E-state index contributed by atoms with van der Waals surface area (Å²) in [4.78, 5) is 0. The summed E-state index contributed by atoms with van der Waals surface area (Å²) in [5, 5.41) is 1.59. The molecule has 0 N–H and O–H groups in total. The summed E-state index contributed by atoms with van der Waals surface area (Å²) in [6.07, 6.45) is -2.69. The molecule has 0 bridgehead atoms. The van der Waals surface area contributed by atoms with Gasteiger partial charge in [-0.3, -0.25) is 0 Å². The Labute approximate surface area is 102 Å². The molecule has 1 aromatic rings. The van der Waals surface area contributed by atoms with E-state index in [0.29, 0.717) is 9.87 Å². The van der Waals surface area contributed by atoms with Crippen molar-refractivity contribution in [3.63, 3.8) is 0 Å². The highest BCUT2D eigenvalue weighted by atomic mass is 35.5. The fourth-order valence-electron chi connectivity index (χ4n) is 1.00. The monoisotopic (exact) mass is 289 g/mol. The van der Waals surface area contributed by atoms with Crippen LogP contribution in [-0.2, 0) is 15.9 Å². The van der Waals surface area contributed by atoms with Crippen LogP contribution in [0.4, 0.5) is 8.78 Å². The van der Waals surface area contributed by atoms with Gasteiger partial charge in [0.2, 0.25) is 0 Å². The fourth-order valence-corrected chi connectivity index (χ4v) is 3.82. The van der Waals surface area contributed by atoms with Crippen molar-refractivity contribution >= 4 is 33.0 Å². The Morgan fingerprint density at radius 2 is 2.19 bits per heavy atom. The quantitative estimate of drug-likeness (QED) is 0.781. The number of halogens is 3. The van der Waals surface area contributed by atoms with E-state index in [1.54, 1.807) is 5.38 Å². The second kappa shape index (κ2) is 5.39. The van der Waals surface area contributed by atoms with Gasteiger partial charge in [0.25, 0.3) is 16.4 Å². The van der Waals surface area contributed by atoms with Crippen LogP contribution in [-0.4, -0.2) is 32.7 Å². The van der Waals surface area contributed by atoms with Crippen molar-refractivity contribution < 1.29 is 17.2 Å². The SMILES string of the molecule is CN(CC(F)F)S(=O)(=O)c1cc(CCl)cs1. The molecule has 0 aromatic carbocycles. The number of hydrogen-bond acceptors (Lipinski definition) is 3. The Kier molecular flexibility index (Phi) is 4.66. The van der Waals surface area contributed by atoms with Gasteiger partial charge in [-0.25, -0.2) is 17.2 Å². The lowest BCUT2D eigenvalue weighted by Gasteiger charge is -2.14. The van der Waals surface area contributed by atoms with Gasteiger partial charge >= 0.3 is 0 Å². The topological polar surface area (TPSA) is 37.4 Å². The number of sulfonamides is 1. The normalized spacial score (nSPS) is 12.6. The molecule has 0 spiro atoms. The van der Waals surface area contributed by atoms with Crippen LogP contribution >= 0.6 is 22.9 Å². The average molecular weight is 290 g/mol. The molecule has 3 nitrogen and oxygen atoms in total. The van der Waals surface area contributed by atoms with Crippen LogP contribution < -0.4 is 0 Å².